The topological polar surface area (TPSA) is 99.0 Å². The van der Waals surface area contributed by atoms with E-state index in [0.717, 1.165) is 54.9 Å². The van der Waals surface area contributed by atoms with Crippen LogP contribution in [0.25, 0.3) is 0 Å². The van der Waals surface area contributed by atoms with Gasteiger partial charge in [-0.15, -0.1) is 0 Å². The molecule has 2 aliphatic rings. The van der Waals surface area contributed by atoms with E-state index in [0.29, 0.717) is 0 Å². The van der Waals surface area contributed by atoms with Crippen molar-refractivity contribution in [3.05, 3.63) is 57.7 Å². The van der Waals surface area contributed by atoms with E-state index in [2.05, 4.69) is 10.2 Å². The number of amides is 4. The Morgan fingerprint density at radius 1 is 0.607 bits per heavy atom. The lowest BCUT2D eigenvalue weighted by Gasteiger charge is -2.17. The Morgan fingerprint density at radius 3 is 1.25 bits per heavy atom. The van der Waals surface area contributed by atoms with Gasteiger partial charge in [0.1, 0.15) is 0 Å². The van der Waals surface area contributed by atoms with Crippen molar-refractivity contribution in [2.75, 3.05) is 0 Å². The summed E-state index contributed by atoms with van der Waals surface area (Å²) in [6.07, 6.45) is 4.71. The van der Waals surface area contributed by atoms with Crippen molar-refractivity contribution in [3.63, 3.8) is 0 Å². The van der Waals surface area contributed by atoms with Crippen LogP contribution >= 0.6 is 0 Å². The zero-order chi connectivity index (χ0) is 20.6. The highest BCUT2D eigenvalue weighted by Crippen LogP contribution is 2.28. The van der Waals surface area contributed by atoms with Crippen molar-refractivity contribution in [1.29, 1.82) is 0 Å². The van der Waals surface area contributed by atoms with Crippen LogP contribution < -0.4 is 0 Å². The lowest BCUT2D eigenvalue weighted by Crippen LogP contribution is -2.25. The maximum atomic E-state index is 12.0. The van der Waals surface area contributed by atoms with E-state index in [1.807, 2.05) is 27.7 Å². The average Bonchev–Trinajstić information content (AvgIpc) is 2.66. The molecule has 0 aromatic heterocycles. The first-order valence-electron chi connectivity index (χ1n) is 8.77. The van der Waals surface area contributed by atoms with Crippen LogP contribution in [0.4, 0.5) is 0 Å². The van der Waals surface area contributed by atoms with Gasteiger partial charge in [0.05, 0.1) is 12.2 Å². The lowest BCUT2D eigenvalue weighted by molar-refractivity contribution is -0.522. The quantitative estimate of drug-likeness (QED) is 0.747. The first kappa shape index (κ1) is 19.3. The van der Waals surface area contributed by atoms with Gasteiger partial charge in [0, 0.05) is 33.5 Å². The highest BCUT2D eigenvalue weighted by Gasteiger charge is 2.29. The maximum Gasteiger partial charge on any atom is 0.437 e. The highest BCUT2D eigenvalue weighted by atomic mass is 16.2. The molecular formula is C20H20N4O4+2. The summed E-state index contributed by atoms with van der Waals surface area (Å²) in [7, 11) is 0. The number of azo groups is 4. The summed E-state index contributed by atoms with van der Waals surface area (Å²) in [6, 6.07) is 0. The molecule has 0 atom stereocenters. The van der Waals surface area contributed by atoms with Gasteiger partial charge in [-0.2, -0.15) is 0 Å². The summed E-state index contributed by atoms with van der Waals surface area (Å²) in [5, 5.41) is 7.56. The molecule has 2 aliphatic heterocycles. The predicted octanol–water partition coefficient (Wildman–Crippen LogP) is 2.10. The third-order valence-corrected chi connectivity index (χ3v) is 5.24. The van der Waals surface area contributed by atoms with E-state index >= 15 is 0 Å². The molecule has 0 saturated heterocycles. The molecule has 2 heterocycles. The standard InChI is InChI=1S/C20H20N4O4/c1-11-12(2)16(10-24-20(28)8-6-18(26)22-24)14(4)13(3)15(11)9-23-19(27)7-5-17(25)21-23/h5-8H,9-10H2,1-4H3/q+2. The average molecular weight is 380 g/mol. The summed E-state index contributed by atoms with van der Waals surface area (Å²) >= 11 is 0. The molecule has 0 aliphatic carbocycles. The number of nitrogens with zero attached hydrogens (tertiary/aromatic N) is 4. The second kappa shape index (κ2) is 7.30. The Morgan fingerprint density at radius 2 is 0.929 bits per heavy atom. The summed E-state index contributed by atoms with van der Waals surface area (Å²) in [5.41, 5.74) is 5.56. The first-order chi connectivity index (χ1) is 13.2. The minimum atomic E-state index is -0.470. The fourth-order valence-corrected chi connectivity index (χ4v) is 3.33. The zero-order valence-corrected chi connectivity index (χ0v) is 16.1. The number of carbonyl (C=O) groups is 4. The maximum absolute atomic E-state index is 12.0. The molecule has 0 spiro atoms. The van der Waals surface area contributed by atoms with E-state index in [9.17, 15) is 19.2 Å². The van der Waals surface area contributed by atoms with Crippen molar-refractivity contribution in [3.8, 4) is 0 Å². The van der Waals surface area contributed by atoms with Crippen molar-refractivity contribution in [1.82, 2.24) is 0 Å². The van der Waals surface area contributed by atoms with Crippen molar-refractivity contribution in [2.24, 2.45) is 10.2 Å². The van der Waals surface area contributed by atoms with Crippen molar-refractivity contribution in [2.45, 2.75) is 40.8 Å². The largest absolute Gasteiger partial charge is 0.437 e. The molecule has 0 unspecified atom stereocenters. The molecule has 1 aromatic rings. The van der Waals surface area contributed by atoms with Crippen LogP contribution in [0.5, 0.6) is 0 Å². The molecule has 28 heavy (non-hydrogen) atoms. The van der Waals surface area contributed by atoms with Crippen LogP contribution in [0.3, 0.4) is 0 Å². The Hall–Kier alpha value is -3.42. The second-order valence-corrected chi connectivity index (χ2v) is 6.79. The minimum absolute atomic E-state index is 0.183. The van der Waals surface area contributed by atoms with Gasteiger partial charge in [0.2, 0.25) is 13.1 Å². The van der Waals surface area contributed by atoms with E-state index < -0.39 is 11.8 Å². The fourth-order valence-electron chi connectivity index (χ4n) is 3.33. The van der Waals surface area contributed by atoms with Gasteiger partial charge in [0.15, 0.2) is 0 Å². The number of hydrogen-bond acceptors (Lipinski definition) is 4. The molecule has 0 saturated carbocycles. The van der Waals surface area contributed by atoms with Gasteiger partial charge in [-0.25, -0.2) is 9.59 Å². The van der Waals surface area contributed by atoms with Gasteiger partial charge in [-0.05, 0) is 59.3 Å². The summed E-state index contributed by atoms with van der Waals surface area (Å²) in [6.45, 7) is 8.06. The Bertz CT molecular complexity index is 960. The Labute approximate surface area is 161 Å². The van der Waals surface area contributed by atoms with Crippen LogP contribution in [-0.2, 0) is 32.3 Å². The van der Waals surface area contributed by atoms with Crippen molar-refractivity contribution >= 4 is 23.6 Å². The van der Waals surface area contributed by atoms with E-state index in [4.69, 9.17) is 0 Å². The summed E-state index contributed by atoms with van der Waals surface area (Å²) < 4.78 is 2.31. The highest BCUT2D eigenvalue weighted by molar-refractivity contribution is 5.96. The Kier molecular flexibility index (Phi) is 5.04. The van der Waals surface area contributed by atoms with E-state index in [1.54, 1.807) is 0 Å². The molecular weight excluding hydrogens is 360 g/mol. The third kappa shape index (κ3) is 3.53. The summed E-state index contributed by atoms with van der Waals surface area (Å²) in [5.74, 6) is -1.63. The molecule has 4 amide bonds. The van der Waals surface area contributed by atoms with E-state index in [1.165, 1.54) is 12.2 Å². The molecule has 8 heteroatoms. The van der Waals surface area contributed by atoms with Gasteiger partial charge in [-0.1, -0.05) is 0 Å². The SMILES string of the molecule is Cc1c(C)c(C[N+]2=NC(=O)C=CC2=O)c(C)c(C)c1C[N+]1=NC(=O)C=CC1=O. The molecule has 3 rings (SSSR count). The zero-order valence-electron chi connectivity index (χ0n) is 16.1. The van der Waals surface area contributed by atoms with Gasteiger partial charge < -0.3 is 0 Å². The molecule has 142 valence electrons. The smallest absolute Gasteiger partial charge is 0.261 e. The third-order valence-electron chi connectivity index (χ3n) is 5.24. The van der Waals surface area contributed by atoms with Crippen LogP contribution in [0.1, 0.15) is 33.4 Å². The number of rotatable bonds is 4. The van der Waals surface area contributed by atoms with Crippen LogP contribution in [0, 0.1) is 27.7 Å². The number of hydrogen-bond donors (Lipinski definition) is 0. The normalized spacial score (nSPS) is 16.6. The first-order valence-corrected chi connectivity index (χ1v) is 8.77. The van der Waals surface area contributed by atoms with Crippen LogP contribution in [0.15, 0.2) is 34.5 Å². The second-order valence-electron chi connectivity index (χ2n) is 6.79. The molecule has 0 bridgehead atoms. The summed E-state index contributed by atoms with van der Waals surface area (Å²) in [4.78, 5) is 47.1. The molecule has 1 aromatic carbocycles. The van der Waals surface area contributed by atoms with Gasteiger partial charge in [-0.3, -0.25) is 9.59 Å². The molecule has 0 N–H and O–H groups in total. The number of carbonyl (C=O) groups excluding carboxylic acids is 4. The fraction of sp³-hybridized carbons (Fsp3) is 0.300. The van der Waals surface area contributed by atoms with Crippen LogP contribution in [-0.4, -0.2) is 33.0 Å². The Balaban J connectivity index is 2.01. The monoisotopic (exact) mass is 380 g/mol. The predicted molar refractivity (Wildman–Crippen MR) is 96.5 cm³/mol. The molecule has 0 radical (unpaired) electrons. The molecule has 0 fully saturated rings. The molecule has 8 nitrogen and oxygen atoms in total. The van der Waals surface area contributed by atoms with Crippen molar-refractivity contribution < 1.29 is 28.6 Å². The number of benzene rings is 1. The minimum Gasteiger partial charge on any atom is -0.261 e. The lowest BCUT2D eigenvalue weighted by atomic mass is 9.88. The van der Waals surface area contributed by atoms with E-state index in [-0.39, 0.29) is 24.9 Å². The van der Waals surface area contributed by atoms with Crippen LogP contribution in [0.2, 0.25) is 0 Å². The van der Waals surface area contributed by atoms with Gasteiger partial charge in [0.25, 0.3) is 0 Å². The van der Waals surface area contributed by atoms with Gasteiger partial charge >= 0.3 is 23.6 Å².